The molecule has 0 amide bonds. The molecular weight excluding hydrogens is 269 g/mol. The zero-order valence-electron chi connectivity index (χ0n) is 11.0. The van der Waals surface area contributed by atoms with Gasteiger partial charge in [0.1, 0.15) is 5.82 Å². The third-order valence-electron chi connectivity index (χ3n) is 2.86. The van der Waals surface area contributed by atoms with E-state index >= 15 is 0 Å². The van der Waals surface area contributed by atoms with E-state index in [0.29, 0.717) is 18.8 Å². The summed E-state index contributed by atoms with van der Waals surface area (Å²) in [5.74, 6) is -0.590. The van der Waals surface area contributed by atoms with Crippen molar-refractivity contribution in [1.82, 2.24) is 0 Å². The van der Waals surface area contributed by atoms with Gasteiger partial charge in [-0.2, -0.15) is 0 Å². The van der Waals surface area contributed by atoms with Crippen LogP contribution in [0.1, 0.15) is 19.3 Å². The maximum absolute atomic E-state index is 13.8. The second-order valence-corrected chi connectivity index (χ2v) is 5.99. The van der Waals surface area contributed by atoms with Crippen molar-refractivity contribution in [1.29, 1.82) is 0 Å². The summed E-state index contributed by atoms with van der Waals surface area (Å²) in [5.41, 5.74) is 5.76. The van der Waals surface area contributed by atoms with Crippen LogP contribution in [0.2, 0.25) is 0 Å². The van der Waals surface area contributed by atoms with Gasteiger partial charge >= 0.3 is 0 Å². The Balaban J connectivity index is 2.74. The zero-order valence-corrected chi connectivity index (χ0v) is 11.8. The molecule has 1 aromatic carbocycles. The van der Waals surface area contributed by atoms with E-state index in [-0.39, 0.29) is 4.90 Å². The van der Waals surface area contributed by atoms with E-state index < -0.39 is 15.8 Å². The number of hydrogen-bond donors (Lipinski definition) is 2. The van der Waals surface area contributed by atoms with Crippen molar-refractivity contribution >= 4 is 15.7 Å². The quantitative estimate of drug-likeness (QED) is 0.734. The highest BCUT2D eigenvalue weighted by atomic mass is 32.2. The molecule has 1 rings (SSSR count). The summed E-state index contributed by atoms with van der Waals surface area (Å²) in [4.78, 5) is 1.53. The maximum atomic E-state index is 13.8. The Kier molecular flexibility index (Phi) is 5.71. The lowest BCUT2D eigenvalue weighted by Crippen LogP contribution is -2.20. The highest BCUT2D eigenvalue weighted by Crippen LogP contribution is 2.21. The average Bonchev–Trinajstić information content (AvgIpc) is 2.33. The molecule has 1 aromatic rings. The van der Waals surface area contributed by atoms with E-state index in [1.54, 1.807) is 11.9 Å². The molecule has 0 heterocycles. The molecule has 19 heavy (non-hydrogen) atoms. The van der Waals surface area contributed by atoms with E-state index in [1.807, 2.05) is 0 Å². The summed E-state index contributed by atoms with van der Waals surface area (Å²) < 4.78 is 36.0. The van der Waals surface area contributed by atoms with Gasteiger partial charge < -0.3 is 10.6 Å². The van der Waals surface area contributed by atoms with E-state index in [4.69, 9.17) is 10.9 Å². The summed E-state index contributed by atoms with van der Waals surface area (Å²) in [5, 5.41) is 4.95. The monoisotopic (exact) mass is 289 g/mol. The van der Waals surface area contributed by atoms with E-state index in [2.05, 4.69) is 0 Å². The van der Waals surface area contributed by atoms with Crippen molar-refractivity contribution in [3.8, 4) is 0 Å². The van der Waals surface area contributed by atoms with Crippen LogP contribution < -0.4 is 15.8 Å². The lowest BCUT2D eigenvalue weighted by molar-refractivity contribution is 0.590. The zero-order chi connectivity index (χ0) is 14.5. The van der Waals surface area contributed by atoms with Crippen molar-refractivity contribution in [2.75, 3.05) is 25.0 Å². The fraction of sp³-hybridized carbons (Fsp3) is 0.500. The molecule has 7 heteroatoms. The van der Waals surface area contributed by atoms with Gasteiger partial charge in [0, 0.05) is 13.6 Å². The van der Waals surface area contributed by atoms with Crippen molar-refractivity contribution in [3.05, 3.63) is 24.0 Å². The number of rotatable bonds is 7. The van der Waals surface area contributed by atoms with Crippen molar-refractivity contribution in [3.63, 3.8) is 0 Å². The standard InChI is InChI=1S/C12H20FN3O2S/c1-16(8-4-2-3-7-14)12-6-5-10(9-11(12)13)19(15,17)18/h5-6,9H,2-4,7-8,14H2,1H3,(H2,15,17,18). The first-order valence-corrected chi connectivity index (χ1v) is 7.64. The van der Waals surface area contributed by atoms with Gasteiger partial charge in [-0.1, -0.05) is 6.42 Å². The molecule has 0 aliphatic carbocycles. The molecule has 4 N–H and O–H groups in total. The number of anilines is 1. The minimum atomic E-state index is -3.86. The highest BCUT2D eigenvalue weighted by Gasteiger charge is 2.13. The second-order valence-electron chi connectivity index (χ2n) is 4.43. The summed E-state index contributed by atoms with van der Waals surface area (Å²) in [6.07, 6.45) is 2.84. The SMILES string of the molecule is CN(CCCCCN)c1ccc(S(N)(=O)=O)cc1F. The summed E-state index contributed by atoms with van der Waals surface area (Å²) in [6, 6.07) is 3.68. The number of benzene rings is 1. The number of nitrogens with two attached hydrogens (primary N) is 2. The molecule has 0 bridgehead atoms. The molecule has 0 unspecified atom stereocenters. The largest absolute Gasteiger partial charge is 0.372 e. The van der Waals surface area contributed by atoms with Crippen LogP contribution in [0.5, 0.6) is 0 Å². The van der Waals surface area contributed by atoms with Crippen molar-refractivity contribution < 1.29 is 12.8 Å². The van der Waals surface area contributed by atoms with Crippen LogP contribution in [-0.2, 0) is 10.0 Å². The molecule has 108 valence electrons. The molecule has 0 fully saturated rings. The number of hydrogen-bond acceptors (Lipinski definition) is 4. The fourth-order valence-electron chi connectivity index (χ4n) is 1.76. The van der Waals surface area contributed by atoms with Crippen LogP contribution in [0.25, 0.3) is 0 Å². The normalized spacial score (nSPS) is 11.6. The first-order valence-electron chi connectivity index (χ1n) is 6.10. The van der Waals surface area contributed by atoms with Gasteiger partial charge in [0.15, 0.2) is 0 Å². The van der Waals surface area contributed by atoms with Crippen LogP contribution in [0, 0.1) is 5.82 Å². The molecule has 5 nitrogen and oxygen atoms in total. The van der Waals surface area contributed by atoms with Crippen LogP contribution in [-0.4, -0.2) is 28.6 Å². The maximum Gasteiger partial charge on any atom is 0.238 e. The van der Waals surface area contributed by atoms with Gasteiger partial charge in [-0.05, 0) is 37.6 Å². The molecule has 0 aromatic heterocycles. The van der Waals surface area contributed by atoms with Gasteiger partial charge in [0.2, 0.25) is 10.0 Å². The molecule has 0 saturated carbocycles. The Labute approximate surface area is 113 Å². The first-order chi connectivity index (χ1) is 8.86. The minimum absolute atomic E-state index is 0.217. The van der Waals surface area contributed by atoms with E-state index in [0.717, 1.165) is 25.3 Å². The molecule has 0 spiro atoms. The number of primary sulfonamides is 1. The number of nitrogens with zero attached hydrogens (tertiary/aromatic N) is 1. The Hall–Kier alpha value is -1.18. The van der Waals surface area contributed by atoms with Gasteiger partial charge in [-0.3, -0.25) is 0 Å². The lowest BCUT2D eigenvalue weighted by atomic mass is 10.2. The Morgan fingerprint density at radius 2 is 1.95 bits per heavy atom. The Morgan fingerprint density at radius 1 is 1.26 bits per heavy atom. The Bertz CT molecular complexity index is 520. The van der Waals surface area contributed by atoms with Crippen molar-refractivity contribution in [2.45, 2.75) is 24.2 Å². The first kappa shape index (κ1) is 15.9. The van der Waals surface area contributed by atoms with Gasteiger partial charge in [-0.15, -0.1) is 0 Å². The van der Waals surface area contributed by atoms with Crippen LogP contribution in [0.3, 0.4) is 0 Å². The number of unbranched alkanes of at least 4 members (excludes halogenated alkanes) is 2. The van der Waals surface area contributed by atoms with Gasteiger partial charge in [0.05, 0.1) is 10.6 Å². The summed E-state index contributed by atoms with van der Waals surface area (Å²) in [7, 11) is -2.10. The molecule has 0 aliphatic heterocycles. The summed E-state index contributed by atoms with van der Waals surface area (Å²) in [6.45, 7) is 1.34. The Morgan fingerprint density at radius 3 is 2.47 bits per heavy atom. The summed E-state index contributed by atoms with van der Waals surface area (Å²) >= 11 is 0. The molecule has 0 radical (unpaired) electrons. The number of halogens is 1. The highest BCUT2D eigenvalue weighted by molar-refractivity contribution is 7.89. The van der Waals surface area contributed by atoms with Crippen LogP contribution in [0.15, 0.2) is 23.1 Å². The smallest absolute Gasteiger partial charge is 0.238 e. The lowest BCUT2D eigenvalue weighted by Gasteiger charge is -2.20. The average molecular weight is 289 g/mol. The van der Waals surface area contributed by atoms with Crippen molar-refractivity contribution in [2.24, 2.45) is 10.9 Å². The molecule has 0 atom stereocenters. The predicted octanol–water partition coefficient (Wildman–Crippen LogP) is 1.04. The second kappa shape index (κ2) is 6.83. The van der Waals surface area contributed by atoms with E-state index in [9.17, 15) is 12.8 Å². The predicted molar refractivity (Wildman–Crippen MR) is 73.9 cm³/mol. The number of sulfonamides is 1. The third-order valence-corrected chi connectivity index (χ3v) is 3.77. The van der Waals surface area contributed by atoms with Gasteiger partial charge in [0.25, 0.3) is 0 Å². The van der Waals surface area contributed by atoms with Gasteiger partial charge in [-0.25, -0.2) is 17.9 Å². The van der Waals surface area contributed by atoms with E-state index in [1.165, 1.54) is 12.1 Å². The topological polar surface area (TPSA) is 89.4 Å². The fourth-order valence-corrected chi connectivity index (χ4v) is 2.29. The molecular formula is C12H20FN3O2S. The van der Waals surface area contributed by atoms with Crippen LogP contribution >= 0.6 is 0 Å². The molecule has 0 saturated heterocycles. The molecule has 0 aliphatic rings. The van der Waals surface area contributed by atoms with Crippen LogP contribution in [0.4, 0.5) is 10.1 Å². The minimum Gasteiger partial charge on any atom is -0.372 e. The third kappa shape index (κ3) is 4.77.